The third-order valence-electron chi connectivity index (χ3n) is 8.17. The number of halogens is 4. The van der Waals surface area contributed by atoms with E-state index in [-0.39, 0.29) is 41.0 Å². The molecule has 10 nitrogen and oxygen atoms in total. The Bertz CT molecular complexity index is 1790. The van der Waals surface area contributed by atoms with E-state index in [1.54, 1.807) is 12.3 Å². The van der Waals surface area contributed by atoms with Gasteiger partial charge < -0.3 is 10.6 Å². The van der Waals surface area contributed by atoms with Gasteiger partial charge in [0, 0.05) is 52.6 Å². The van der Waals surface area contributed by atoms with Gasteiger partial charge in [-0.1, -0.05) is 6.07 Å². The molecule has 6 heterocycles. The molecule has 1 aromatic carbocycles. The number of alkyl halides is 3. The molecule has 2 fully saturated rings. The zero-order valence-electron chi connectivity index (χ0n) is 21.9. The van der Waals surface area contributed by atoms with Crippen LogP contribution in [0.5, 0.6) is 0 Å². The van der Waals surface area contributed by atoms with E-state index in [1.165, 1.54) is 23.1 Å². The molecule has 1 amide bonds. The predicted octanol–water partition coefficient (Wildman–Crippen LogP) is 4.87. The Balaban J connectivity index is 1.16. The van der Waals surface area contributed by atoms with Gasteiger partial charge >= 0.3 is 6.18 Å². The molecule has 3 N–H and O–H groups in total. The van der Waals surface area contributed by atoms with Gasteiger partial charge in [0.15, 0.2) is 5.65 Å². The quantitative estimate of drug-likeness (QED) is 0.292. The Morgan fingerprint density at radius 3 is 2.43 bits per heavy atom. The number of rotatable bonds is 4. The number of H-pyrrole nitrogens is 1. The SMILES string of the molecule is Nc1cc(C2C[C@H]3CC[C@@H](C2)N3C(=O)c2ncn[nH]2)nc2c(-c3ccc(-c4ccc(C(F)(F)F)cc4F)nc3)cnn12. The minimum Gasteiger partial charge on any atom is -0.384 e. The summed E-state index contributed by atoms with van der Waals surface area (Å²) < 4.78 is 54.8. The Kier molecular flexibility index (Phi) is 5.95. The molecule has 4 aromatic heterocycles. The first-order chi connectivity index (χ1) is 20.2. The van der Waals surface area contributed by atoms with Crippen LogP contribution in [0.4, 0.5) is 23.4 Å². The molecule has 0 aliphatic carbocycles. The second-order valence-corrected chi connectivity index (χ2v) is 10.6. The minimum atomic E-state index is -4.64. The van der Waals surface area contributed by atoms with E-state index >= 15 is 0 Å². The fourth-order valence-corrected chi connectivity index (χ4v) is 6.21. The normalized spacial score (nSPS) is 20.4. The predicted molar refractivity (Wildman–Crippen MR) is 142 cm³/mol. The molecular formula is C28H23F4N9O. The molecule has 0 saturated carbocycles. The van der Waals surface area contributed by atoms with Crippen molar-refractivity contribution in [3.8, 4) is 22.4 Å². The van der Waals surface area contributed by atoms with Crippen molar-refractivity contribution in [2.75, 3.05) is 5.73 Å². The number of hydrogen-bond donors (Lipinski definition) is 2. The van der Waals surface area contributed by atoms with E-state index in [9.17, 15) is 22.4 Å². The summed E-state index contributed by atoms with van der Waals surface area (Å²) in [6, 6.07) is 7.51. The number of hydrogen-bond acceptors (Lipinski definition) is 7. The number of nitrogen functional groups attached to an aromatic ring is 1. The number of benzene rings is 1. The topological polar surface area (TPSA) is 131 Å². The summed E-state index contributed by atoms with van der Waals surface area (Å²) in [5.74, 6) is -0.433. The molecule has 2 saturated heterocycles. The lowest BCUT2D eigenvalue weighted by molar-refractivity contribution is -0.137. The number of anilines is 1. The number of carbonyl (C=O) groups excluding carboxylic acids is 1. The zero-order valence-corrected chi connectivity index (χ0v) is 21.9. The molecule has 42 heavy (non-hydrogen) atoms. The third-order valence-corrected chi connectivity index (χ3v) is 8.17. The standard InChI is InChI=1S/C28H23F4N9O/c29-21-9-16(28(30,31)32)2-5-19(21)22-6-1-14(11-34-22)20-12-37-41-24(33)10-23(38-26(20)41)15-7-17-3-4-18(8-15)40(17)27(42)25-35-13-36-39-25/h1-2,5-6,9-13,15,17-18H,3-4,7-8,33H2,(H,35,36,39)/t15?,17-,18+. The van der Waals surface area contributed by atoms with Crippen LogP contribution in [0.2, 0.25) is 0 Å². The molecule has 2 aliphatic rings. The van der Waals surface area contributed by atoms with E-state index < -0.39 is 17.6 Å². The zero-order chi connectivity index (χ0) is 29.2. The number of carbonyl (C=O) groups is 1. The number of piperidine rings is 1. The maximum atomic E-state index is 14.5. The fourth-order valence-electron chi connectivity index (χ4n) is 6.21. The number of nitrogens with one attached hydrogen (secondary N) is 1. The average molecular weight is 578 g/mol. The Labute approximate surface area is 235 Å². The largest absolute Gasteiger partial charge is 0.416 e. The average Bonchev–Trinajstić information content (AvgIpc) is 3.71. The van der Waals surface area contributed by atoms with Crippen LogP contribution in [-0.2, 0) is 6.18 Å². The number of nitrogens with two attached hydrogens (primary N) is 1. The molecule has 14 heteroatoms. The Morgan fingerprint density at radius 1 is 1.00 bits per heavy atom. The highest BCUT2D eigenvalue weighted by atomic mass is 19.4. The molecule has 3 atom stereocenters. The number of pyridine rings is 1. The molecule has 2 bridgehead atoms. The highest BCUT2D eigenvalue weighted by Crippen LogP contribution is 2.44. The molecule has 0 radical (unpaired) electrons. The van der Waals surface area contributed by atoms with E-state index in [0.717, 1.165) is 43.5 Å². The fraction of sp³-hybridized carbons (Fsp3) is 0.286. The number of fused-ring (bicyclic) bond motifs is 3. The van der Waals surface area contributed by atoms with Crippen molar-refractivity contribution in [1.82, 2.24) is 39.7 Å². The summed E-state index contributed by atoms with van der Waals surface area (Å²) in [6.07, 6.45) is 3.06. The molecule has 2 aliphatic heterocycles. The molecule has 214 valence electrons. The highest BCUT2D eigenvalue weighted by Gasteiger charge is 2.45. The second-order valence-electron chi connectivity index (χ2n) is 10.6. The first kappa shape index (κ1) is 26.0. The van der Waals surface area contributed by atoms with Crippen molar-refractivity contribution in [3.63, 3.8) is 0 Å². The van der Waals surface area contributed by atoms with Gasteiger partial charge in [-0.3, -0.25) is 14.9 Å². The molecule has 0 spiro atoms. The number of amides is 1. The van der Waals surface area contributed by atoms with Gasteiger partial charge in [-0.2, -0.15) is 27.9 Å². The van der Waals surface area contributed by atoms with E-state index in [4.69, 9.17) is 10.7 Å². The lowest BCUT2D eigenvalue weighted by Crippen LogP contribution is -2.46. The van der Waals surface area contributed by atoms with Crippen LogP contribution in [0.3, 0.4) is 0 Å². The van der Waals surface area contributed by atoms with Crippen LogP contribution < -0.4 is 5.73 Å². The van der Waals surface area contributed by atoms with E-state index in [0.29, 0.717) is 28.7 Å². The number of aromatic amines is 1. The van der Waals surface area contributed by atoms with Crippen LogP contribution in [0.1, 0.15) is 53.5 Å². The molecule has 1 unspecified atom stereocenters. The Hall–Kier alpha value is -4.88. The summed E-state index contributed by atoms with van der Waals surface area (Å²) in [4.78, 5) is 28.2. The van der Waals surface area contributed by atoms with E-state index in [1.807, 2.05) is 11.0 Å². The van der Waals surface area contributed by atoms with Gasteiger partial charge in [-0.15, -0.1) is 0 Å². The number of nitrogens with zero attached hydrogens (tertiary/aromatic N) is 7. The van der Waals surface area contributed by atoms with E-state index in [2.05, 4.69) is 25.3 Å². The van der Waals surface area contributed by atoms with Crippen molar-refractivity contribution in [2.45, 2.75) is 49.9 Å². The van der Waals surface area contributed by atoms with Gasteiger partial charge in [0.05, 0.1) is 17.5 Å². The maximum absolute atomic E-state index is 14.5. The van der Waals surface area contributed by atoms with Crippen LogP contribution in [0.15, 0.2) is 55.1 Å². The lowest BCUT2D eigenvalue weighted by Gasteiger charge is -2.38. The third kappa shape index (κ3) is 4.33. The maximum Gasteiger partial charge on any atom is 0.416 e. The first-order valence-corrected chi connectivity index (χ1v) is 13.3. The van der Waals surface area contributed by atoms with Crippen LogP contribution in [0, 0.1) is 5.82 Å². The first-order valence-electron chi connectivity index (χ1n) is 13.3. The van der Waals surface area contributed by atoms with Crippen LogP contribution in [-0.4, -0.2) is 57.7 Å². The van der Waals surface area contributed by atoms with Crippen molar-refractivity contribution in [3.05, 3.63) is 78.0 Å². The Morgan fingerprint density at radius 2 is 1.79 bits per heavy atom. The van der Waals surface area contributed by atoms with Crippen LogP contribution in [0.25, 0.3) is 28.0 Å². The lowest BCUT2D eigenvalue weighted by atomic mass is 9.87. The van der Waals surface area contributed by atoms with Gasteiger partial charge in [-0.05, 0) is 49.9 Å². The monoisotopic (exact) mass is 577 g/mol. The van der Waals surface area contributed by atoms with Crippen molar-refractivity contribution in [2.24, 2.45) is 0 Å². The molecule has 7 rings (SSSR count). The summed E-state index contributed by atoms with van der Waals surface area (Å²) >= 11 is 0. The summed E-state index contributed by atoms with van der Waals surface area (Å²) in [6.45, 7) is 0. The summed E-state index contributed by atoms with van der Waals surface area (Å²) in [5.41, 5.74) is 8.08. The minimum absolute atomic E-state index is 0.0400. The smallest absolute Gasteiger partial charge is 0.384 e. The summed E-state index contributed by atoms with van der Waals surface area (Å²) in [5, 5.41) is 10.8. The summed E-state index contributed by atoms with van der Waals surface area (Å²) in [7, 11) is 0. The van der Waals surface area contributed by atoms with Gasteiger partial charge in [0.1, 0.15) is 18.0 Å². The molecular weight excluding hydrogens is 554 g/mol. The van der Waals surface area contributed by atoms with Crippen LogP contribution >= 0.6 is 0 Å². The van der Waals surface area contributed by atoms with Gasteiger partial charge in [0.25, 0.3) is 5.91 Å². The highest BCUT2D eigenvalue weighted by molar-refractivity contribution is 5.91. The second kappa shape index (κ2) is 9.60. The van der Waals surface area contributed by atoms with Crippen molar-refractivity contribution < 1.29 is 22.4 Å². The van der Waals surface area contributed by atoms with Gasteiger partial charge in [0.2, 0.25) is 5.82 Å². The van der Waals surface area contributed by atoms with Gasteiger partial charge in [-0.25, -0.2) is 14.4 Å². The van der Waals surface area contributed by atoms with Crippen molar-refractivity contribution >= 4 is 17.4 Å². The van der Waals surface area contributed by atoms with Crippen molar-refractivity contribution in [1.29, 1.82) is 0 Å². The number of aromatic nitrogens is 7. The molecule has 5 aromatic rings.